The second-order valence-electron chi connectivity index (χ2n) is 4.39. The third-order valence-electron chi connectivity index (χ3n) is 3.25. The van der Waals surface area contributed by atoms with E-state index in [9.17, 15) is 4.79 Å². The van der Waals surface area contributed by atoms with Crippen LogP contribution in [0.3, 0.4) is 0 Å². The average molecular weight is 222 g/mol. The van der Waals surface area contributed by atoms with Crippen molar-refractivity contribution in [2.24, 2.45) is 0 Å². The number of aryl methyl sites for hydroxylation is 1. The first-order chi connectivity index (χ1) is 7.59. The Morgan fingerprint density at radius 1 is 1.50 bits per heavy atom. The highest BCUT2D eigenvalue weighted by Gasteiger charge is 2.29. The summed E-state index contributed by atoms with van der Waals surface area (Å²) in [6.45, 7) is 7.59. The van der Waals surface area contributed by atoms with Gasteiger partial charge in [0.15, 0.2) is 5.76 Å². The summed E-state index contributed by atoms with van der Waals surface area (Å²) < 4.78 is 5.37. The number of carbonyl (C=O) groups excluding carboxylic acids is 1. The van der Waals surface area contributed by atoms with Crippen LogP contribution in [0.2, 0.25) is 0 Å². The van der Waals surface area contributed by atoms with E-state index in [1.54, 1.807) is 6.07 Å². The van der Waals surface area contributed by atoms with Crippen LogP contribution in [0.25, 0.3) is 0 Å². The number of nitrogens with zero attached hydrogens (tertiary/aromatic N) is 1. The Morgan fingerprint density at radius 3 is 2.88 bits per heavy atom. The lowest BCUT2D eigenvalue weighted by atomic mass is 10.1. The zero-order valence-corrected chi connectivity index (χ0v) is 9.99. The molecule has 1 saturated heterocycles. The summed E-state index contributed by atoms with van der Waals surface area (Å²) in [6.07, 6.45) is 0. The lowest BCUT2D eigenvalue weighted by Crippen LogP contribution is -2.57. The van der Waals surface area contributed by atoms with Crippen LogP contribution in [-0.4, -0.2) is 36.0 Å². The predicted molar refractivity (Wildman–Crippen MR) is 61.4 cm³/mol. The number of amides is 1. The maximum atomic E-state index is 12.2. The number of hydrogen-bond acceptors (Lipinski definition) is 3. The summed E-state index contributed by atoms with van der Waals surface area (Å²) in [7, 11) is 0. The van der Waals surface area contributed by atoms with Crippen molar-refractivity contribution in [1.82, 2.24) is 10.2 Å². The van der Waals surface area contributed by atoms with E-state index in [0.29, 0.717) is 11.8 Å². The van der Waals surface area contributed by atoms with Crippen LogP contribution in [0.15, 0.2) is 16.5 Å². The molecule has 1 N–H and O–H groups in total. The number of rotatable bonds is 1. The number of hydrogen-bond donors (Lipinski definition) is 1. The molecule has 2 rings (SSSR count). The summed E-state index contributed by atoms with van der Waals surface area (Å²) in [5.41, 5.74) is 0. The highest BCUT2D eigenvalue weighted by molar-refractivity contribution is 5.91. The Hall–Kier alpha value is -1.29. The fraction of sp³-hybridized carbons (Fsp3) is 0.583. The van der Waals surface area contributed by atoms with Gasteiger partial charge in [-0.3, -0.25) is 4.79 Å². The van der Waals surface area contributed by atoms with E-state index < -0.39 is 0 Å². The minimum atomic E-state index is -0.00560. The molecule has 0 bridgehead atoms. The van der Waals surface area contributed by atoms with Crippen LogP contribution in [0, 0.1) is 6.92 Å². The van der Waals surface area contributed by atoms with Crippen molar-refractivity contribution in [2.75, 3.05) is 13.1 Å². The standard InChI is InChI=1S/C12H18N2O2/c1-8-4-5-11(16-8)12(15)14-7-6-13-9(2)10(14)3/h4-5,9-10,13H,6-7H2,1-3H3. The van der Waals surface area contributed by atoms with Gasteiger partial charge in [-0.05, 0) is 32.9 Å². The van der Waals surface area contributed by atoms with Gasteiger partial charge in [-0.15, -0.1) is 0 Å². The minimum Gasteiger partial charge on any atom is -0.456 e. The number of piperazine rings is 1. The molecular weight excluding hydrogens is 204 g/mol. The molecule has 1 aromatic heterocycles. The Kier molecular flexibility index (Phi) is 3.01. The molecule has 0 saturated carbocycles. The highest BCUT2D eigenvalue weighted by Crippen LogP contribution is 2.15. The van der Waals surface area contributed by atoms with Gasteiger partial charge in [0, 0.05) is 25.2 Å². The molecule has 1 amide bonds. The molecule has 0 aliphatic carbocycles. The van der Waals surface area contributed by atoms with Crippen molar-refractivity contribution in [1.29, 1.82) is 0 Å². The normalized spacial score (nSPS) is 25.8. The molecule has 0 spiro atoms. The molecule has 1 aromatic rings. The fourth-order valence-corrected chi connectivity index (χ4v) is 2.03. The minimum absolute atomic E-state index is 0.00560. The van der Waals surface area contributed by atoms with Crippen molar-refractivity contribution < 1.29 is 9.21 Å². The van der Waals surface area contributed by atoms with Crippen molar-refractivity contribution in [3.63, 3.8) is 0 Å². The maximum absolute atomic E-state index is 12.2. The van der Waals surface area contributed by atoms with E-state index in [1.807, 2.05) is 17.9 Å². The molecule has 0 aromatic carbocycles. The van der Waals surface area contributed by atoms with E-state index in [0.717, 1.165) is 18.8 Å². The van der Waals surface area contributed by atoms with Gasteiger partial charge in [-0.2, -0.15) is 0 Å². The lowest BCUT2D eigenvalue weighted by Gasteiger charge is -2.38. The number of furan rings is 1. The molecule has 88 valence electrons. The van der Waals surface area contributed by atoms with E-state index in [-0.39, 0.29) is 11.9 Å². The smallest absolute Gasteiger partial charge is 0.289 e. The SMILES string of the molecule is Cc1ccc(C(=O)N2CCNC(C)C2C)o1. The molecule has 4 heteroatoms. The zero-order chi connectivity index (χ0) is 11.7. The summed E-state index contributed by atoms with van der Waals surface area (Å²) in [5, 5.41) is 3.35. The van der Waals surface area contributed by atoms with Crippen LogP contribution in [0.1, 0.15) is 30.2 Å². The fourth-order valence-electron chi connectivity index (χ4n) is 2.03. The van der Waals surface area contributed by atoms with E-state index in [4.69, 9.17) is 4.42 Å². The quantitative estimate of drug-likeness (QED) is 0.781. The molecular formula is C12H18N2O2. The predicted octanol–water partition coefficient (Wildman–Crippen LogP) is 1.41. The Balaban J connectivity index is 2.15. The highest BCUT2D eigenvalue weighted by atomic mass is 16.3. The molecule has 1 fully saturated rings. The van der Waals surface area contributed by atoms with E-state index in [2.05, 4.69) is 19.2 Å². The Labute approximate surface area is 95.6 Å². The lowest BCUT2D eigenvalue weighted by molar-refractivity contribution is 0.0569. The van der Waals surface area contributed by atoms with Gasteiger partial charge in [-0.1, -0.05) is 0 Å². The van der Waals surface area contributed by atoms with Gasteiger partial charge in [0.05, 0.1) is 0 Å². The number of carbonyl (C=O) groups is 1. The molecule has 4 nitrogen and oxygen atoms in total. The van der Waals surface area contributed by atoms with Gasteiger partial charge < -0.3 is 14.6 Å². The Bertz CT molecular complexity index is 386. The summed E-state index contributed by atoms with van der Waals surface area (Å²) in [5.74, 6) is 1.21. The van der Waals surface area contributed by atoms with Crippen LogP contribution < -0.4 is 5.32 Å². The second kappa shape index (κ2) is 4.29. The molecule has 1 aliphatic heterocycles. The number of nitrogens with one attached hydrogen (secondary N) is 1. The molecule has 1 aliphatic rings. The third-order valence-corrected chi connectivity index (χ3v) is 3.25. The Morgan fingerprint density at radius 2 is 2.25 bits per heavy atom. The topological polar surface area (TPSA) is 45.5 Å². The molecule has 16 heavy (non-hydrogen) atoms. The monoisotopic (exact) mass is 222 g/mol. The molecule has 2 heterocycles. The van der Waals surface area contributed by atoms with Crippen molar-refractivity contribution in [2.45, 2.75) is 32.9 Å². The maximum Gasteiger partial charge on any atom is 0.289 e. The molecule has 0 radical (unpaired) electrons. The zero-order valence-electron chi connectivity index (χ0n) is 9.99. The van der Waals surface area contributed by atoms with Crippen LogP contribution in [-0.2, 0) is 0 Å². The van der Waals surface area contributed by atoms with Gasteiger partial charge in [0.25, 0.3) is 5.91 Å². The van der Waals surface area contributed by atoms with Crippen molar-refractivity contribution in [3.8, 4) is 0 Å². The van der Waals surface area contributed by atoms with Crippen LogP contribution >= 0.6 is 0 Å². The van der Waals surface area contributed by atoms with Crippen molar-refractivity contribution >= 4 is 5.91 Å². The van der Waals surface area contributed by atoms with Gasteiger partial charge in [0.1, 0.15) is 5.76 Å². The first kappa shape index (κ1) is 11.2. The van der Waals surface area contributed by atoms with Gasteiger partial charge in [0.2, 0.25) is 0 Å². The van der Waals surface area contributed by atoms with Crippen LogP contribution in [0.5, 0.6) is 0 Å². The van der Waals surface area contributed by atoms with E-state index in [1.165, 1.54) is 0 Å². The van der Waals surface area contributed by atoms with Crippen molar-refractivity contribution in [3.05, 3.63) is 23.7 Å². The van der Waals surface area contributed by atoms with E-state index >= 15 is 0 Å². The molecule has 2 atom stereocenters. The summed E-state index contributed by atoms with van der Waals surface area (Å²) >= 11 is 0. The summed E-state index contributed by atoms with van der Waals surface area (Å²) in [6, 6.07) is 4.10. The second-order valence-corrected chi connectivity index (χ2v) is 4.39. The van der Waals surface area contributed by atoms with Gasteiger partial charge in [-0.25, -0.2) is 0 Å². The van der Waals surface area contributed by atoms with Crippen LogP contribution in [0.4, 0.5) is 0 Å². The molecule has 2 unspecified atom stereocenters. The first-order valence-corrected chi connectivity index (χ1v) is 5.70. The largest absolute Gasteiger partial charge is 0.456 e. The van der Waals surface area contributed by atoms with Gasteiger partial charge >= 0.3 is 0 Å². The average Bonchev–Trinajstić information content (AvgIpc) is 2.68. The third kappa shape index (κ3) is 1.97. The first-order valence-electron chi connectivity index (χ1n) is 5.70. The summed E-state index contributed by atoms with van der Waals surface area (Å²) in [4.78, 5) is 14.0.